The van der Waals surface area contributed by atoms with Crippen molar-refractivity contribution in [2.24, 2.45) is 0 Å². The molecule has 0 bridgehead atoms. The molecule has 4 heteroatoms. The zero-order chi connectivity index (χ0) is 8.43. The lowest BCUT2D eigenvalue weighted by Crippen LogP contribution is -2.46. The van der Waals surface area contributed by atoms with Gasteiger partial charge in [-0.15, -0.1) is 0 Å². The van der Waals surface area contributed by atoms with Crippen LogP contribution in [0.1, 0.15) is 6.92 Å². The minimum absolute atomic E-state index is 0.0237. The molecule has 0 saturated carbocycles. The second kappa shape index (κ2) is 3.00. The van der Waals surface area contributed by atoms with Gasteiger partial charge in [-0.05, 0) is 6.92 Å². The number of ether oxygens (including phenoxy) is 1. The molecule has 0 aromatic rings. The maximum Gasteiger partial charge on any atom is 0.248 e. The first-order valence-corrected chi connectivity index (χ1v) is 3.47. The molecule has 1 fully saturated rings. The largest absolute Gasteiger partial charge is 0.359 e. The van der Waals surface area contributed by atoms with Crippen molar-refractivity contribution in [3.8, 4) is 0 Å². The third kappa shape index (κ3) is 1.77. The summed E-state index contributed by atoms with van der Waals surface area (Å²) in [6.07, 6.45) is -0.419. The number of ketones is 1. The van der Waals surface area contributed by atoms with Gasteiger partial charge in [0.15, 0.2) is 5.78 Å². The Hall–Kier alpha value is -0.900. The van der Waals surface area contributed by atoms with E-state index < -0.39 is 6.10 Å². The van der Waals surface area contributed by atoms with Crippen molar-refractivity contribution >= 4 is 11.7 Å². The van der Waals surface area contributed by atoms with E-state index in [9.17, 15) is 9.59 Å². The van der Waals surface area contributed by atoms with E-state index in [2.05, 4.69) is 0 Å². The van der Waals surface area contributed by atoms with Crippen LogP contribution in [-0.4, -0.2) is 42.9 Å². The van der Waals surface area contributed by atoms with Crippen LogP contribution in [-0.2, 0) is 14.3 Å². The Bertz CT molecular complexity index is 190. The van der Waals surface area contributed by atoms with Gasteiger partial charge in [0, 0.05) is 7.05 Å². The van der Waals surface area contributed by atoms with Crippen molar-refractivity contribution < 1.29 is 14.3 Å². The summed E-state index contributed by atoms with van der Waals surface area (Å²) in [7, 11) is 1.67. The van der Waals surface area contributed by atoms with E-state index in [0.717, 1.165) is 0 Å². The normalized spacial score (nSPS) is 25.5. The molecule has 1 atom stereocenters. The van der Waals surface area contributed by atoms with Crippen LogP contribution in [0.25, 0.3) is 0 Å². The summed E-state index contributed by atoms with van der Waals surface area (Å²) in [6, 6.07) is 0. The molecule has 1 rings (SSSR count). The topological polar surface area (TPSA) is 46.6 Å². The second-order valence-corrected chi connectivity index (χ2v) is 2.68. The first-order chi connectivity index (χ1) is 5.11. The second-order valence-electron chi connectivity index (χ2n) is 2.68. The molecule has 1 aliphatic heterocycles. The van der Waals surface area contributed by atoms with Crippen molar-refractivity contribution in [3.05, 3.63) is 0 Å². The van der Waals surface area contributed by atoms with Crippen molar-refractivity contribution in [3.63, 3.8) is 0 Å². The minimum Gasteiger partial charge on any atom is -0.359 e. The summed E-state index contributed by atoms with van der Waals surface area (Å²) in [6.45, 7) is 1.88. The maximum atomic E-state index is 10.9. The Balaban J connectivity index is 2.52. The zero-order valence-electron chi connectivity index (χ0n) is 6.66. The standard InChI is InChI=1S/C7H11NO3/c1-5(9)6-3-8(2)7(10)4-11-6/h6H,3-4H2,1-2H3. The molecule has 62 valence electrons. The van der Waals surface area contributed by atoms with Crippen LogP contribution >= 0.6 is 0 Å². The zero-order valence-corrected chi connectivity index (χ0v) is 6.66. The number of likely N-dealkylation sites (N-methyl/N-ethyl adjacent to an activating group) is 1. The van der Waals surface area contributed by atoms with E-state index in [4.69, 9.17) is 4.74 Å². The van der Waals surface area contributed by atoms with E-state index in [1.54, 1.807) is 7.05 Å². The van der Waals surface area contributed by atoms with Crippen LogP contribution < -0.4 is 0 Å². The summed E-state index contributed by atoms with van der Waals surface area (Å²) < 4.78 is 4.98. The molecule has 1 saturated heterocycles. The molecule has 0 aromatic carbocycles. The predicted molar refractivity (Wildman–Crippen MR) is 38.1 cm³/mol. The average molecular weight is 157 g/mol. The van der Waals surface area contributed by atoms with Crippen LogP contribution in [0, 0.1) is 0 Å². The molecule has 1 heterocycles. The Labute approximate surface area is 65.1 Å². The van der Waals surface area contributed by atoms with E-state index in [0.29, 0.717) is 6.54 Å². The first-order valence-electron chi connectivity index (χ1n) is 3.47. The molecule has 0 aliphatic carbocycles. The van der Waals surface area contributed by atoms with Gasteiger partial charge in [0.1, 0.15) is 12.7 Å². The molecule has 1 unspecified atom stereocenters. The summed E-state index contributed by atoms with van der Waals surface area (Å²) in [5.41, 5.74) is 0. The molecule has 11 heavy (non-hydrogen) atoms. The van der Waals surface area contributed by atoms with Gasteiger partial charge in [-0.25, -0.2) is 0 Å². The molecular formula is C7H11NO3. The summed E-state index contributed by atoms with van der Waals surface area (Å²) in [5.74, 6) is -0.0909. The van der Waals surface area contributed by atoms with Crippen LogP contribution in [0.2, 0.25) is 0 Å². The number of hydrogen-bond donors (Lipinski definition) is 0. The molecule has 0 aromatic heterocycles. The highest BCUT2D eigenvalue weighted by Gasteiger charge is 2.25. The van der Waals surface area contributed by atoms with Gasteiger partial charge in [0.05, 0.1) is 6.54 Å². The molecule has 0 N–H and O–H groups in total. The monoisotopic (exact) mass is 157 g/mol. The summed E-state index contributed by atoms with van der Waals surface area (Å²) >= 11 is 0. The number of morpholine rings is 1. The fourth-order valence-electron chi connectivity index (χ4n) is 0.931. The van der Waals surface area contributed by atoms with Crippen LogP contribution in [0.15, 0.2) is 0 Å². The van der Waals surface area contributed by atoms with Crippen molar-refractivity contribution in [2.45, 2.75) is 13.0 Å². The quantitative estimate of drug-likeness (QED) is 0.512. The highest BCUT2D eigenvalue weighted by Crippen LogP contribution is 2.04. The lowest BCUT2D eigenvalue weighted by atomic mass is 10.2. The number of carbonyl (C=O) groups excluding carboxylic acids is 2. The number of carbonyl (C=O) groups is 2. The number of rotatable bonds is 1. The fourth-order valence-corrected chi connectivity index (χ4v) is 0.931. The van der Waals surface area contributed by atoms with Gasteiger partial charge in [0.2, 0.25) is 5.91 Å². The lowest BCUT2D eigenvalue weighted by molar-refractivity contribution is -0.152. The van der Waals surface area contributed by atoms with Gasteiger partial charge in [-0.2, -0.15) is 0 Å². The molecular weight excluding hydrogens is 146 g/mol. The smallest absolute Gasteiger partial charge is 0.248 e. The first kappa shape index (κ1) is 8.20. The maximum absolute atomic E-state index is 10.9. The number of hydrogen-bond acceptors (Lipinski definition) is 3. The molecule has 1 amide bonds. The third-order valence-electron chi connectivity index (χ3n) is 1.73. The van der Waals surface area contributed by atoms with E-state index in [1.165, 1.54) is 11.8 Å². The highest BCUT2D eigenvalue weighted by molar-refractivity contribution is 5.84. The average Bonchev–Trinajstić information content (AvgIpc) is 1.94. The molecule has 0 spiro atoms. The fraction of sp³-hybridized carbons (Fsp3) is 0.714. The van der Waals surface area contributed by atoms with E-state index >= 15 is 0 Å². The summed E-state index contributed by atoms with van der Waals surface area (Å²) in [4.78, 5) is 23.1. The van der Waals surface area contributed by atoms with Crippen LogP contribution in [0.5, 0.6) is 0 Å². The van der Waals surface area contributed by atoms with E-state index in [1.807, 2.05) is 0 Å². The Kier molecular flexibility index (Phi) is 2.24. The summed E-state index contributed by atoms with van der Waals surface area (Å²) in [5, 5.41) is 0. The number of amides is 1. The molecule has 1 aliphatic rings. The lowest BCUT2D eigenvalue weighted by Gasteiger charge is -2.28. The molecule has 0 radical (unpaired) electrons. The van der Waals surface area contributed by atoms with Gasteiger partial charge >= 0.3 is 0 Å². The van der Waals surface area contributed by atoms with Gasteiger partial charge in [-0.1, -0.05) is 0 Å². The number of Topliss-reactive ketones (excluding diaryl/α,β-unsaturated/α-hetero) is 1. The highest BCUT2D eigenvalue weighted by atomic mass is 16.5. The number of nitrogens with zero attached hydrogens (tertiary/aromatic N) is 1. The molecule has 4 nitrogen and oxygen atoms in total. The Morgan fingerprint density at radius 3 is 2.82 bits per heavy atom. The Morgan fingerprint density at radius 2 is 2.36 bits per heavy atom. The van der Waals surface area contributed by atoms with Gasteiger partial charge in [-0.3, -0.25) is 9.59 Å². The Morgan fingerprint density at radius 1 is 1.73 bits per heavy atom. The van der Waals surface area contributed by atoms with Crippen molar-refractivity contribution in [1.29, 1.82) is 0 Å². The van der Waals surface area contributed by atoms with Crippen LogP contribution in [0.3, 0.4) is 0 Å². The minimum atomic E-state index is -0.419. The van der Waals surface area contributed by atoms with Gasteiger partial charge < -0.3 is 9.64 Å². The van der Waals surface area contributed by atoms with Gasteiger partial charge in [0.25, 0.3) is 0 Å². The van der Waals surface area contributed by atoms with Crippen molar-refractivity contribution in [2.75, 3.05) is 20.2 Å². The van der Waals surface area contributed by atoms with E-state index in [-0.39, 0.29) is 18.3 Å². The SMILES string of the molecule is CC(=O)C1CN(C)C(=O)CO1. The van der Waals surface area contributed by atoms with Crippen LogP contribution in [0.4, 0.5) is 0 Å². The third-order valence-corrected chi connectivity index (χ3v) is 1.73. The van der Waals surface area contributed by atoms with Crippen molar-refractivity contribution in [1.82, 2.24) is 4.90 Å². The predicted octanol–water partition coefficient (Wildman–Crippen LogP) is -0.567.